The topological polar surface area (TPSA) is 34.1 Å². The second kappa shape index (κ2) is 8.78. The van der Waals surface area contributed by atoms with Crippen LogP contribution in [0.15, 0.2) is 48.7 Å². The number of hydrogen-bond acceptors (Lipinski definition) is 3. The molecule has 1 aromatic carbocycles. The van der Waals surface area contributed by atoms with Crippen LogP contribution in [0.4, 0.5) is 0 Å². The van der Waals surface area contributed by atoms with Gasteiger partial charge in [0.1, 0.15) is 12.4 Å². The lowest BCUT2D eigenvalue weighted by molar-refractivity contribution is 0.368. The van der Waals surface area contributed by atoms with Crippen LogP contribution in [0.5, 0.6) is 5.75 Å². The largest absolute Gasteiger partial charge is 0.479 e. The highest BCUT2D eigenvalue weighted by atomic mass is 16.5. The smallest absolute Gasteiger partial charge is 0.149 e. The molecule has 0 aliphatic rings. The number of hydrogen-bond donors (Lipinski definition) is 1. The number of pyridine rings is 1. The van der Waals surface area contributed by atoms with E-state index in [-0.39, 0.29) is 0 Å². The lowest BCUT2D eigenvalue weighted by Gasteiger charge is -2.04. The van der Waals surface area contributed by atoms with Crippen LogP contribution in [0.1, 0.15) is 24.6 Å². The predicted octanol–water partition coefficient (Wildman–Crippen LogP) is 3.01. The third-order valence-corrected chi connectivity index (χ3v) is 2.85. The van der Waals surface area contributed by atoms with E-state index < -0.39 is 0 Å². The molecule has 0 unspecified atom stereocenters. The summed E-state index contributed by atoms with van der Waals surface area (Å²) in [5.74, 6) is 6.80. The summed E-state index contributed by atoms with van der Waals surface area (Å²) in [5, 5.41) is 3.32. The summed E-state index contributed by atoms with van der Waals surface area (Å²) in [6, 6.07) is 13.8. The molecule has 0 radical (unpaired) electrons. The summed E-state index contributed by atoms with van der Waals surface area (Å²) in [6.45, 7) is 4.31. The van der Waals surface area contributed by atoms with E-state index in [1.165, 1.54) is 0 Å². The first-order chi connectivity index (χ1) is 10.4. The molecule has 2 rings (SSSR count). The summed E-state index contributed by atoms with van der Waals surface area (Å²) in [5.41, 5.74) is 2.02. The molecule has 0 fully saturated rings. The Morgan fingerprint density at radius 3 is 2.71 bits per heavy atom. The minimum atomic E-state index is 0.365. The summed E-state index contributed by atoms with van der Waals surface area (Å²) >= 11 is 0. The maximum Gasteiger partial charge on any atom is 0.149 e. The molecule has 0 saturated carbocycles. The number of benzene rings is 1. The number of ether oxygens (including phenoxy) is 1. The first-order valence-electron chi connectivity index (χ1n) is 7.21. The van der Waals surface area contributed by atoms with Gasteiger partial charge in [-0.2, -0.15) is 0 Å². The van der Waals surface area contributed by atoms with Gasteiger partial charge >= 0.3 is 0 Å². The fraction of sp³-hybridized carbons (Fsp3) is 0.278. The number of nitrogens with one attached hydrogen (secondary N) is 1. The molecule has 1 heterocycles. The van der Waals surface area contributed by atoms with E-state index in [1.807, 2.05) is 42.5 Å². The van der Waals surface area contributed by atoms with Crippen molar-refractivity contribution in [3.05, 3.63) is 59.9 Å². The molecule has 108 valence electrons. The first-order valence-corrected chi connectivity index (χ1v) is 7.21. The maximum atomic E-state index is 5.55. The van der Waals surface area contributed by atoms with Gasteiger partial charge in [-0.15, -0.1) is 0 Å². The molecule has 2 aromatic rings. The Bertz CT molecular complexity index is 582. The first kappa shape index (κ1) is 15.1. The minimum Gasteiger partial charge on any atom is -0.479 e. The lowest BCUT2D eigenvalue weighted by Crippen LogP contribution is -2.14. The van der Waals surface area contributed by atoms with Gasteiger partial charge in [0.25, 0.3) is 0 Å². The maximum absolute atomic E-state index is 5.55. The van der Waals surface area contributed by atoms with Gasteiger partial charge in [-0.3, -0.25) is 4.98 Å². The molecule has 21 heavy (non-hydrogen) atoms. The van der Waals surface area contributed by atoms with Crippen molar-refractivity contribution >= 4 is 0 Å². The Morgan fingerprint density at radius 2 is 2.00 bits per heavy atom. The second-order valence-corrected chi connectivity index (χ2v) is 4.62. The van der Waals surface area contributed by atoms with Crippen LogP contribution in [0, 0.1) is 11.8 Å². The zero-order valence-electron chi connectivity index (χ0n) is 12.3. The van der Waals surface area contributed by atoms with E-state index in [0.717, 1.165) is 36.5 Å². The van der Waals surface area contributed by atoms with Crippen molar-refractivity contribution in [1.82, 2.24) is 10.3 Å². The van der Waals surface area contributed by atoms with Crippen molar-refractivity contribution < 1.29 is 4.74 Å². The SMILES string of the molecule is CCCNCc1ccc(OCC#Cc2ccccc2)cn1. The van der Waals surface area contributed by atoms with Gasteiger partial charge in [-0.05, 0) is 37.2 Å². The molecule has 0 amide bonds. The highest BCUT2D eigenvalue weighted by Gasteiger charge is 1.96. The lowest BCUT2D eigenvalue weighted by atomic mass is 10.2. The Hall–Kier alpha value is -2.31. The third kappa shape index (κ3) is 5.68. The van der Waals surface area contributed by atoms with Crippen molar-refractivity contribution in [3.8, 4) is 17.6 Å². The summed E-state index contributed by atoms with van der Waals surface area (Å²) in [7, 11) is 0. The van der Waals surface area contributed by atoms with Crippen LogP contribution in [0.3, 0.4) is 0 Å². The van der Waals surface area contributed by atoms with Crippen molar-refractivity contribution in [2.75, 3.05) is 13.2 Å². The van der Waals surface area contributed by atoms with Gasteiger partial charge in [0.2, 0.25) is 0 Å². The molecule has 0 saturated heterocycles. The zero-order chi connectivity index (χ0) is 14.8. The summed E-state index contributed by atoms with van der Waals surface area (Å²) < 4.78 is 5.55. The molecule has 0 aliphatic heterocycles. The van der Waals surface area contributed by atoms with Gasteiger partial charge in [-0.1, -0.05) is 37.0 Å². The average molecular weight is 280 g/mol. The number of aromatic nitrogens is 1. The van der Waals surface area contributed by atoms with Crippen molar-refractivity contribution in [2.45, 2.75) is 19.9 Å². The van der Waals surface area contributed by atoms with Crippen molar-refractivity contribution in [3.63, 3.8) is 0 Å². The van der Waals surface area contributed by atoms with Crippen LogP contribution in [-0.4, -0.2) is 18.1 Å². The van der Waals surface area contributed by atoms with Crippen molar-refractivity contribution in [2.24, 2.45) is 0 Å². The normalized spacial score (nSPS) is 9.76. The fourth-order valence-corrected chi connectivity index (χ4v) is 1.77. The van der Waals surface area contributed by atoms with Crippen LogP contribution in [-0.2, 0) is 6.54 Å². The molecule has 3 nitrogen and oxygen atoms in total. The van der Waals surface area contributed by atoms with E-state index in [0.29, 0.717) is 6.61 Å². The van der Waals surface area contributed by atoms with Crippen LogP contribution >= 0.6 is 0 Å². The van der Waals surface area contributed by atoms with Gasteiger partial charge < -0.3 is 10.1 Å². The van der Waals surface area contributed by atoms with E-state index in [4.69, 9.17) is 4.74 Å². The predicted molar refractivity (Wildman–Crippen MR) is 85.0 cm³/mol. The van der Waals surface area contributed by atoms with Crippen molar-refractivity contribution in [1.29, 1.82) is 0 Å². The Morgan fingerprint density at radius 1 is 1.14 bits per heavy atom. The molecule has 0 bridgehead atoms. The van der Waals surface area contributed by atoms with Crippen LogP contribution < -0.4 is 10.1 Å². The summed E-state index contributed by atoms with van der Waals surface area (Å²) in [4.78, 5) is 4.35. The van der Waals surface area contributed by atoms with Crippen LogP contribution in [0.25, 0.3) is 0 Å². The molecule has 1 N–H and O–H groups in total. The van der Waals surface area contributed by atoms with Gasteiger partial charge in [0.05, 0.1) is 11.9 Å². The second-order valence-electron chi connectivity index (χ2n) is 4.62. The standard InChI is InChI=1S/C18H20N2O/c1-2-12-19-14-17-10-11-18(15-20-17)21-13-6-9-16-7-4-3-5-8-16/h3-5,7-8,10-11,15,19H,2,12-14H2,1H3. The highest BCUT2D eigenvalue weighted by Crippen LogP contribution is 2.08. The number of nitrogens with zero attached hydrogens (tertiary/aromatic N) is 1. The molecule has 0 atom stereocenters. The minimum absolute atomic E-state index is 0.365. The summed E-state index contributed by atoms with van der Waals surface area (Å²) in [6.07, 6.45) is 2.87. The van der Waals surface area contributed by atoms with E-state index in [9.17, 15) is 0 Å². The third-order valence-electron chi connectivity index (χ3n) is 2.85. The highest BCUT2D eigenvalue weighted by molar-refractivity contribution is 5.33. The monoisotopic (exact) mass is 280 g/mol. The van der Waals surface area contributed by atoms with E-state index in [2.05, 4.69) is 29.1 Å². The fourth-order valence-electron chi connectivity index (χ4n) is 1.77. The molecular formula is C18H20N2O. The molecule has 0 spiro atoms. The zero-order valence-corrected chi connectivity index (χ0v) is 12.3. The Balaban J connectivity index is 1.77. The molecular weight excluding hydrogens is 260 g/mol. The van der Waals surface area contributed by atoms with E-state index >= 15 is 0 Å². The van der Waals surface area contributed by atoms with Gasteiger partial charge in [0.15, 0.2) is 0 Å². The van der Waals surface area contributed by atoms with Gasteiger partial charge in [0, 0.05) is 12.1 Å². The molecule has 3 heteroatoms. The van der Waals surface area contributed by atoms with Crippen LogP contribution in [0.2, 0.25) is 0 Å². The van der Waals surface area contributed by atoms with E-state index in [1.54, 1.807) is 6.20 Å². The number of rotatable bonds is 6. The quantitative estimate of drug-likeness (QED) is 0.652. The molecule has 1 aromatic heterocycles. The Labute approximate surface area is 126 Å². The Kier molecular flexibility index (Phi) is 6.31. The van der Waals surface area contributed by atoms with Gasteiger partial charge in [-0.25, -0.2) is 0 Å². The molecule has 0 aliphatic carbocycles. The average Bonchev–Trinajstić information content (AvgIpc) is 2.54.